The molecule has 1 aromatic rings. The second kappa shape index (κ2) is 10.1. The van der Waals surface area contributed by atoms with E-state index in [1.807, 2.05) is 6.07 Å². The Balaban J connectivity index is 2.19. The van der Waals surface area contributed by atoms with Gasteiger partial charge in [-0.1, -0.05) is 50.8 Å². The minimum Gasteiger partial charge on any atom is -0.354 e. The SMILES string of the molecule is CCCCNC(=O)C1(NC(=O)CN(c2ccccc2C)S(C)(=O)=O)CCCCC1. The maximum Gasteiger partial charge on any atom is 0.245 e. The Kier molecular flexibility index (Phi) is 8.07. The molecule has 0 radical (unpaired) electrons. The number of nitrogens with zero attached hydrogens (tertiary/aromatic N) is 1. The first-order valence-corrected chi connectivity index (χ1v) is 12.2. The first-order chi connectivity index (χ1) is 13.7. The largest absolute Gasteiger partial charge is 0.354 e. The number of sulfonamides is 1. The van der Waals surface area contributed by atoms with Crippen molar-refractivity contribution in [2.45, 2.75) is 64.3 Å². The molecule has 2 amide bonds. The van der Waals surface area contributed by atoms with E-state index in [0.29, 0.717) is 25.1 Å². The maximum absolute atomic E-state index is 12.9. The number of carbonyl (C=O) groups is 2. The Hall–Kier alpha value is -2.09. The Bertz CT molecular complexity index is 817. The molecule has 0 aliphatic heterocycles. The first kappa shape index (κ1) is 23.2. The van der Waals surface area contributed by atoms with Gasteiger partial charge in [0.25, 0.3) is 0 Å². The predicted octanol–water partition coefficient (Wildman–Crippen LogP) is 2.50. The Labute approximate surface area is 174 Å². The van der Waals surface area contributed by atoms with Crippen LogP contribution in [0.1, 0.15) is 57.4 Å². The van der Waals surface area contributed by atoms with Crippen LogP contribution in [0.5, 0.6) is 0 Å². The highest BCUT2D eigenvalue weighted by Crippen LogP contribution is 2.29. The molecule has 2 N–H and O–H groups in total. The van der Waals surface area contributed by atoms with Crippen LogP contribution in [-0.2, 0) is 19.6 Å². The third-order valence-electron chi connectivity index (χ3n) is 5.41. The van der Waals surface area contributed by atoms with Gasteiger partial charge in [0, 0.05) is 6.54 Å². The summed E-state index contributed by atoms with van der Waals surface area (Å²) in [6.45, 7) is 4.07. The maximum atomic E-state index is 12.9. The zero-order valence-corrected chi connectivity index (χ0v) is 18.5. The van der Waals surface area contributed by atoms with E-state index in [-0.39, 0.29) is 12.5 Å². The molecule has 0 unspecified atom stereocenters. The molecule has 0 bridgehead atoms. The number of rotatable bonds is 9. The van der Waals surface area contributed by atoms with Crippen molar-refractivity contribution in [2.24, 2.45) is 0 Å². The molecule has 1 saturated carbocycles. The number of benzene rings is 1. The second-order valence-electron chi connectivity index (χ2n) is 7.86. The van der Waals surface area contributed by atoms with E-state index in [1.54, 1.807) is 25.1 Å². The van der Waals surface area contributed by atoms with Crippen molar-refractivity contribution in [3.63, 3.8) is 0 Å². The van der Waals surface area contributed by atoms with Crippen molar-refractivity contribution in [3.8, 4) is 0 Å². The van der Waals surface area contributed by atoms with E-state index in [0.717, 1.165) is 48.2 Å². The summed E-state index contributed by atoms with van der Waals surface area (Å²) >= 11 is 0. The molecule has 0 saturated heterocycles. The third kappa shape index (κ3) is 6.19. The zero-order chi connectivity index (χ0) is 21.5. The lowest BCUT2D eigenvalue weighted by atomic mass is 9.80. The fraction of sp³-hybridized carbons (Fsp3) is 0.619. The van der Waals surface area contributed by atoms with Gasteiger partial charge in [-0.3, -0.25) is 13.9 Å². The smallest absolute Gasteiger partial charge is 0.245 e. The van der Waals surface area contributed by atoms with Gasteiger partial charge in [-0.15, -0.1) is 0 Å². The summed E-state index contributed by atoms with van der Waals surface area (Å²) in [4.78, 5) is 25.8. The summed E-state index contributed by atoms with van der Waals surface area (Å²) in [7, 11) is -3.66. The molecule has 8 heteroatoms. The molecule has 1 aliphatic carbocycles. The number of hydrogen-bond acceptors (Lipinski definition) is 4. The summed E-state index contributed by atoms with van der Waals surface area (Å²) < 4.78 is 25.8. The van der Waals surface area contributed by atoms with Gasteiger partial charge in [-0.25, -0.2) is 8.42 Å². The van der Waals surface area contributed by atoms with E-state index < -0.39 is 21.5 Å². The Morgan fingerprint density at radius 1 is 1.14 bits per heavy atom. The molecule has 7 nitrogen and oxygen atoms in total. The number of hydrogen-bond donors (Lipinski definition) is 2. The van der Waals surface area contributed by atoms with E-state index >= 15 is 0 Å². The van der Waals surface area contributed by atoms with Gasteiger partial charge in [0.15, 0.2) is 0 Å². The summed E-state index contributed by atoms with van der Waals surface area (Å²) in [6, 6.07) is 7.03. The van der Waals surface area contributed by atoms with Crippen LogP contribution in [0.25, 0.3) is 0 Å². The lowest BCUT2D eigenvalue weighted by Gasteiger charge is -2.37. The fourth-order valence-corrected chi connectivity index (χ4v) is 4.69. The summed E-state index contributed by atoms with van der Waals surface area (Å²) in [5.74, 6) is -0.632. The van der Waals surface area contributed by atoms with Crippen LogP contribution in [0.15, 0.2) is 24.3 Å². The number of carbonyl (C=O) groups excluding carboxylic acids is 2. The average Bonchev–Trinajstić information content (AvgIpc) is 2.67. The average molecular weight is 424 g/mol. The van der Waals surface area contributed by atoms with E-state index in [9.17, 15) is 18.0 Å². The number of para-hydroxylation sites is 1. The highest BCUT2D eigenvalue weighted by molar-refractivity contribution is 7.92. The minimum atomic E-state index is -3.66. The Morgan fingerprint density at radius 3 is 2.38 bits per heavy atom. The van der Waals surface area contributed by atoms with Gasteiger partial charge >= 0.3 is 0 Å². The van der Waals surface area contributed by atoms with Crippen molar-refractivity contribution < 1.29 is 18.0 Å². The molecule has 0 heterocycles. The standard InChI is InChI=1S/C21H33N3O4S/c1-4-5-15-22-20(26)21(13-9-6-10-14-21)23-19(25)16-24(29(3,27)28)18-12-8-7-11-17(18)2/h7-8,11-12H,4-6,9-10,13-16H2,1-3H3,(H,22,26)(H,23,25). The lowest BCUT2D eigenvalue weighted by molar-refractivity contribution is -0.134. The number of anilines is 1. The molecule has 1 fully saturated rings. The molecule has 0 spiro atoms. The zero-order valence-electron chi connectivity index (χ0n) is 17.7. The molecular formula is C21H33N3O4S. The van der Waals surface area contributed by atoms with Gasteiger partial charge in [0.2, 0.25) is 21.8 Å². The summed E-state index contributed by atoms with van der Waals surface area (Å²) in [6.07, 6.45) is 6.81. The fourth-order valence-electron chi connectivity index (χ4n) is 3.77. The molecule has 1 aliphatic rings. The summed E-state index contributed by atoms with van der Waals surface area (Å²) in [5, 5.41) is 5.83. The summed E-state index contributed by atoms with van der Waals surface area (Å²) in [5.41, 5.74) is 0.267. The van der Waals surface area contributed by atoms with Crippen LogP contribution in [-0.4, -0.2) is 45.1 Å². The number of aryl methyl sites for hydroxylation is 1. The van der Waals surface area contributed by atoms with Crippen molar-refractivity contribution in [1.82, 2.24) is 10.6 Å². The third-order valence-corrected chi connectivity index (χ3v) is 6.53. The topological polar surface area (TPSA) is 95.6 Å². The van der Waals surface area contributed by atoms with Crippen molar-refractivity contribution in [2.75, 3.05) is 23.7 Å². The van der Waals surface area contributed by atoms with E-state index in [1.165, 1.54) is 0 Å². The van der Waals surface area contributed by atoms with Crippen LogP contribution < -0.4 is 14.9 Å². The monoisotopic (exact) mass is 423 g/mol. The first-order valence-electron chi connectivity index (χ1n) is 10.3. The van der Waals surface area contributed by atoms with E-state index in [4.69, 9.17) is 0 Å². The Morgan fingerprint density at radius 2 is 1.79 bits per heavy atom. The minimum absolute atomic E-state index is 0.166. The van der Waals surface area contributed by atoms with Gasteiger partial charge < -0.3 is 10.6 Å². The van der Waals surface area contributed by atoms with Crippen LogP contribution in [0.2, 0.25) is 0 Å². The van der Waals surface area contributed by atoms with Crippen LogP contribution in [0.4, 0.5) is 5.69 Å². The van der Waals surface area contributed by atoms with Crippen molar-refractivity contribution in [1.29, 1.82) is 0 Å². The molecule has 2 rings (SSSR count). The lowest BCUT2D eigenvalue weighted by Crippen LogP contribution is -2.61. The van der Waals surface area contributed by atoms with Gasteiger partial charge in [0.05, 0.1) is 11.9 Å². The van der Waals surface area contributed by atoms with E-state index in [2.05, 4.69) is 17.6 Å². The number of nitrogens with one attached hydrogen (secondary N) is 2. The van der Waals surface area contributed by atoms with Crippen LogP contribution in [0, 0.1) is 6.92 Å². The van der Waals surface area contributed by atoms with Crippen molar-refractivity contribution >= 4 is 27.5 Å². The van der Waals surface area contributed by atoms with Crippen LogP contribution in [0.3, 0.4) is 0 Å². The van der Waals surface area contributed by atoms with Crippen molar-refractivity contribution in [3.05, 3.63) is 29.8 Å². The highest BCUT2D eigenvalue weighted by Gasteiger charge is 2.41. The van der Waals surface area contributed by atoms with Crippen LogP contribution >= 0.6 is 0 Å². The predicted molar refractivity (Wildman–Crippen MR) is 115 cm³/mol. The van der Waals surface area contributed by atoms with Gasteiger partial charge in [0.1, 0.15) is 12.1 Å². The number of unbranched alkanes of at least 4 members (excludes halogenated alkanes) is 1. The van der Waals surface area contributed by atoms with Gasteiger partial charge in [-0.05, 0) is 37.8 Å². The molecule has 0 atom stereocenters. The normalized spacial score (nSPS) is 16.1. The molecular weight excluding hydrogens is 390 g/mol. The molecule has 0 aromatic heterocycles. The highest BCUT2D eigenvalue weighted by atomic mass is 32.2. The van der Waals surface area contributed by atoms with Gasteiger partial charge in [-0.2, -0.15) is 0 Å². The quantitative estimate of drug-likeness (QED) is 0.597. The second-order valence-corrected chi connectivity index (χ2v) is 9.76. The number of amides is 2. The molecule has 29 heavy (non-hydrogen) atoms. The molecule has 162 valence electrons. The molecule has 1 aromatic carbocycles.